The van der Waals surface area contributed by atoms with Crippen LogP contribution in [-0.2, 0) is 4.74 Å². The zero-order chi connectivity index (χ0) is 13.0. The molecule has 17 heavy (non-hydrogen) atoms. The van der Waals surface area contributed by atoms with Crippen molar-refractivity contribution in [3.8, 4) is 0 Å². The summed E-state index contributed by atoms with van der Waals surface area (Å²) >= 11 is 0. The molecule has 104 valence electrons. The van der Waals surface area contributed by atoms with Crippen LogP contribution in [0.15, 0.2) is 0 Å². The second-order valence-electron chi connectivity index (χ2n) is 6.10. The van der Waals surface area contributed by atoms with E-state index in [-0.39, 0.29) is 0 Å². The Morgan fingerprint density at radius 1 is 0.706 bits per heavy atom. The molecule has 0 aromatic rings. The SMILES string of the molecule is CCCCCCCCCCOCC[N+](C)(C)C. The fourth-order valence-corrected chi connectivity index (χ4v) is 1.78. The second-order valence-corrected chi connectivity index (χ2v) is 6.10. The van der Waals surface area contributed by atoms with Gasteiger partial charge in [-0.3, -0.25) is 0 Å². The van der Waals surface area contributed by atoms with Gasteiger partial charge in [0.1, 0.15) is 6.54 Å². The van der Waals surface area contributed by atoms with E-state index in [4.69, 9.17) is 4.74 Å². The van der Waals surface area contributed by atoms with Gasteiger partial charge in [-0.1, -0.05) is 51.9 Å². The van der Waals surface area contributed by atoms with Crippen molar-refractivity contribution in [3.63, 3.8) is 0 Å². The van der Waals surface area contributed by atoms with Crippen LogP contribution >= 0.6 is 0 Å². The van der Waals surface area contributed by atoms with Gasteiger partial charge in [-0.05, 0) is 6.42 Å². The summed E-state index contributed by atoms with van der Waals surface area (Å²) in [5, 5.41) is 0. The third-order valence-electron chi connectivity index (χ3n) is 3.05. The summed E-state index contributed by atoms with van der Waals surface area (Å²) < 4.78 is 6.64. The molecule has 0 unspecified atom stereocenters. The highest BCUT2D eigenvalue weighted by atomic mass is 16.5. The lowest BCUT2D eigenvalue weighted by Gasteiger charge is -2.23. The summed E-state index contributed by atoms with van der Waals surface area (Å²) in [4.78, 5) is 0. The largest absolute Gasteiger partial charge is 0.376 e. The zero-order valence-electron chi connectivity index (χ0n) is 12.6. The molecule has 0 spiro atoms. The smallest absolute Gasteiger partial charge is 0.102 e. The summed E-state index contributed by atoms with van der Waals surface area (Å²) in [6.45, 7) is 5.24. The highest BCUT2D eigenvalue weighted by molar-refractivity contribution is 4.45. The molecular weight excluding hydrogens is 210 g/mol. The average Bonchev–Trinajstić information content (AvgIpc) is 2.24. The lowest BCUT2D eigenvalue weighted by Crippen LogP contribution is -2.37. The van der Waals surface area contributed by atoms with E-state index in [1.54, 1.807) is 0 Å². The van der Waals surface area contributed by atoms with E-state index in [2.05, 4.69) is 28.1 Å². The van der Waals surface area contributed by atoms with Crippen molar-refractivity contribution in [2.75, 3.05) is 40.9 Å². The normalized spacial score (nSPS) is 12.0. The van der Waals surface area contributed by atoms with Crippen molar-refractivity contribution in [2.24, 2.45) is 0 Å². The van der Waals surface area contributed by atoms with Gasteiger partial charge >= 0.3 is 0 Å². The number of quaternary nitrogens is 1. The van der Waals surface area contributed by atoms with Crippen LogP contribution in [0.5, 0.6) is 0 Å². The predicted octanol–water partition coefficient (Wildman–Crippen LogP) is 3.85. The number of rotatable bonds is 12. The molecule has 0 saturated carbocycles. The Hall–Kier alpha value is -0.0800. The molecule has 0 atom stereocenters. The first-order chi connectivity index (χ1) is 8.06. The van der Waals surface area contributed by atoms with Gasteiger partial charge in [0.15, 0.2) is 0 Å². The van der Waals surface area contributed by atoms with Crippen molar-refractivity contribution in [3.05, 3.63) is 0 Å². The molecule has 0 aromatic carbocycles. The number of likely N-dealkylation sites (N-methyl/N-ethyl adjacent to an activating group) is 1. The number of nitrogens with zero attached hydrogens (tertiary/aromatic N) is 1. The minimum Gasteiger partial charge on any atom is -0.376 e. The van der Waals surface area contributed by atoms with E-state index in [1.165, 1.54) is 51.4 Å². The summed E-state index contributed by atoms with van der Waals surface area (Å²) in [6.07, 6.45) is 11.0. The highest BCUT2D eigenvalue weighted by Gasteiger charge is 2.05. The Balaban J connectivity index is 2.99. The van der Waals surface area contributed by atoms with Crippen LogP contribution < -0.4 is 0 Å². The molecule has 0 radical (unpaired) electrons. The molecule has 0 aliphatic heterocycles. The molecule has 2 heteroatoms. The summed E-state index contributed by atoms with van der Waals surface area (Å²) in [7, 11) is 6.62. The molecule has 0 heterocycles. The summed E-state index contributed by atoms with van der Waals surface area (Å²) in [6, 6.07) is 0. The molecule has 2 nitrogen and oxygen atoms in total. The zero-order valence-corrected chi connectivity index (χ0v) is 12.6. The van der Waals surface area contributed by atoms with Gasteiger partial charge in [-0.25, -0.2) is 0 Å². The van der Waals surface area contributed by atoms with Gasteiger partial charge in [0.2, 0.25) is 0 Å². The third-order valence-corrected chi connectivity index (χ3v) is 3.05. The third kappa shape index (κ3) is 15.9. The number of hydrogen-bond acceptors (Lipinski definition) is 1. The molecule has 0 aliphatic carbocycles. The molecule has 0 saturated heterocycles. The van der Waals surface area contributed by atoms with Gasteiger partial charge in [0.05, 0.1) is 27.7 Å². The maximum atomic E-state index is 5.64. The topological polar surface area (TPSA) is 9.23 Å². The molecular formula is C15H34NO+. The standard InChI is InChI=1S/C15H34NO/c1-5-6-7-8-9-10-11-12-14-17-15-13-16(2,3)4/h5-15H2,1-4H3/q+1. The Morgan fingerprint density at radius 3 is 1.76 bits per heavy atom. The summed E-state index contributed by atoms with van der Waals surface area (Å²) in [5.74, 6) is 0. The van der Waals surface area contributed by atoms with Gasteiger partial charge in [-0.15, -0.1) is 0 Å². The van der Waals surface area contributed by atoms with Crippen LogP contribution in [0.25, 0.3) is 0 Å². The molecule has 0 fully saturated rings. The second kappa shape index (κ2) is 11.0. The Kier molecular flexibility index (Phi) is 11.0. The molecule has 0 N–H and O–H groups in total. The van der Waals surface area contributed by atoms with Crippen LogP contribution in [0.1, 0.15) is 58.3 Å². The average molecular weight is 244 g/mol. The van der Waals surface area contributed by atoms with Gasteiger partial charge in [0.25, 0.3) is 0 Å². The van der Waals surface area contributed by atoms with E-state index < -0.39 is 0 Å². The number of ether oxygens (including phenoxy) is 1. The first kappa shape index (κ1) is 16.9. The Bertz CT molecular complexity index is 151. The molecule has 0 rings (SSSR count). The van der Waals surface area contributed by atoms with Crippen LogP contribution in [0.4, 0.5) is 0 Å². The maximum absolute atomic E-state index is 5.64. The van der Waals surface area contributed by atoms with Crippen molar-refractivity contribution in [2.45, 2.75) is 58.3 Å². The first-order valence-corrected chi connectivity index (χ1v) is 7.44. The minimum atomic E-state index is 0.903. The van der Waals surface area contributed by atoms with E-state index >= 15 is 0 Å². The molecule has 0 aromatic heterocycles. The van der Waals surface area contributed by atoms with Crippen LogP contribution in [0.3, 0.4) is 0 Å². The van der Waals surface area contributed by atoms with E-state index in [0.29, 0.717) is 0 Å². The van der Waals surface area contributed by atoms with E-state index in [1.807, 2.05) is 0 Å². The lowest BCUT2D eigenvalue weighted by molar-refractivity contribution is -0.870. The first-order valence-electron chi connectivity index (χ1n) is 7.44. The van der Waals surface area contributed by atoms with Crippen molar-refractivity contribution in [1.29, 1.82) is 0 Å². The fraction of sp³-hybridized carbons (Fsp3) is 1.00. The fourth-order valence-electron chi connectivity index (χ4n) is 1.78. The van der Waals surface area contributed by atoms with Crippen molar-refractivity contribution < 1.29 is 9.22 Å². The quantitative estimate of drug-likeness (QED) is 0.374. The number of hydrogen-bond donors (Lipinski definition) is 0. The molecule has 0 aliphatic rings. The lowest BCUT2D eigenvalue weighted by atomic mass is 10.1. The van der Waals surface area contributed by atoms with E-state index in [9.17, 15) is 0 Å². The van der Waals surface area contributed by atoms with Crippen LogP contribution in [0.2, 0.25) is 0 Å². The Labute approximate surface area is 109 Å². The van der Waals surface area contributed by atoms with E-state index in [0.717, 1.165) is 24.2 Å². The van der Waals surface area contributed by atoms with Gasteiger partial charge < -0.3 is 9.22 Å². The summed E-state index contributed by atoms with van der Waals surface area (Å²) in [5.41, 5.74) is 0. The highest BCUT2D eigenvalue weighted by Crippen LogP contribution is 2.08. The van der Waals surface area contributed by atoms with Crippen LogP contribution in [0, 0.1) is 0 Å². The molecule has 0 amide bonds. The van der Waals surface area contributed by atoms with Gasteiger partial charge in [-0.2, -0.15) is 0 Å². The van der Waals surface area contributed by atoms with Crippen molar-refractivity contribution >= 4 is 0 Å². The molecule has 0 bridgehead atoms. The van der Waals surface area contributed by atoms with Crippen molar-refractivity contribution in [1.82, 2.24) is 0 Å². The van der Waals surface area contributed by atoms with Gasteiger partial charge in [0, 0.05) is 6.61 Å². The maximum Gasteiger partial charge on any atom is 0.102 e. The monoisotopic (exact) mass is 244 g/mol. The minimum absolute atomic E-state index is 0.903. The number of unbranched alkanes of at least 4 members (excludes halogenated alkanes) is 7. The Morgan fingerprint density at radius 2 is 1.24 bits per heavy atom. The van der Waals surface area contributed by atoms with Crippen LogP contribution in [-0.4, -0.2) is 45.4 Å². The predicted molar refractivity (Wildman–Crippen MR) is 76.3 cm³/mol.